The number of amides is 1. The van der Waals surface area contributed by atoms with Gasteiger partial charge in [-0.2, -0.15) is 0 Å². The molecule has 0 aromatic carbocycles. The molecule has 1 atom stereocenters. The molecule has 1 unspecified atom stereocenters. The first-order valence-corrected chi connectivity index (χ1v) is 10.1. The van der Waals surface area contributed by atoms with Gasteiger partial charge in [0, 0.05) is 31.2 Å². The average Bonchev–Trinajstić information content (AvgIpc) is 3.40. The molecule has 2 fully saturated rings. The van der Waals surface area contributed by atoms with E-state index < -0.39 is 11.2 Å². The molecule has 8 heteroatoms. The normalized spacial score (nSPS) is 19.7. The van der Waals surface area contributed by atoms with Gasteiger partial charge in [-0.05, 0) is 43.7 Å². The molecule has 1 saturated heterocycles. The highest BCUT2D eigenvalue weighted by molar-refractivity contribution is 6.05. The number of fused-ring (bicyclic) bond motifs is 1. The summed E-state index contributed by atoms with van der Waals surface area (Å²) in [4.78, 5) is 47.3. The van der Waals surface area contributed by atoms with Crippen molar-refractivity contribution in [1.29, 1.82) is 0 Å². The monoisotopic (exact) mass is 385 g/mol. The molecule has 2 aromatic heterocycles. The number of pyridine rings is 1. The summed E-state index contributed by atoms with van der Waals surface area (Å²) >= 11 is 0. The van der Waals surface area contributed by atoms with E-state index >= 15 is 0 Å². The number of likely N-dealkylation sites (tertiary alicyclic amines) is 1. The van der Waals surface area contributed by atoms with Gasteiger partial charge in [0.05, 0.1) is 10.9 Å². The predicted octanol–water partition coefficient (Wildman–Crippen LogP) is 1.04. The lowest BCUT2D eigenvalue weighted by molar-refractivity contribution is 0.0789. The molecular weight excluding hydrogens is 358 g/mol. The van der Waals surface area contributed by atoms with E-state index in [0.29, 0.717) is 43.3 Å². The van der Waals surface area contributed by atoms with E-state index in [9.17, 15) is 14.4 Å². The van der Waals surface area contributed by atoms with Gasteiger partial charge in [0.15, 0.2) is 5.65 Å². The number of carbonyl (C=O) groups excluding carboxylic acids is 1. The Labute approximate surface area is 162 Å². The smallest absolute Gasteiger partial charge is 0.330 e. The molecule has 0 radical (unpaired) electrons. The zero-order chi connectivity index (χ0) is 20.0. The average molecular weight is 385 g/mol. The first-order valence-electron chi connectivity index (χ1n) is 10.1. The van der Waals surface area contributed by atoms with Crippen LogP contribution in [0.3, 0.4) is 0 Å². The zero-order valence-corrected chi connectivity index (χ0v) is 16.4. The highest BCUT2D eigenvalue weighted by atomic mass is 16.2. The van der Waals surface area contributed by atoms with Crippen LogP contribution in [0.5, 0.6) is 0 Å². The van der Waals surface area contributed by atoms with Crippen LogP contribution >= 0.6 is 0 Å². The Bertz CT molecular complexity index is 1030. The van der Waals surface area contributed by atoms with Crippen molar-refractivity contribution in [3.63, 3.8) is 0 Å². The number of carbonyl (C=O) groups is 1. The van der Waals surface area contributed by atoms with Crippen molar-refractivity contribution in [3.05, 3.63) is 38.2 Å². The van der Waals surface area contributed by atoms with Crippen LogP contribution in [0.15, 0.2) is 15.7 Å². The molecule has 3 heterocycles. The fourth-order valence-electron chi connectivity index (χ4n) is 3.96. The number of H-pyrrole nitrogens is 1. The van der Waals surface area contributed by atoms with E-state index in [1.54, 1.807) is 11.0 Å². The van der Waals surface area contributed by atoms with Gasteiger partial charge in [0.1, 0.15) is 0 Å². The van der Waals surface area contributed by atoms with Crippen molar-refractivity contribution in [2.24, 2.45) is 17.6 Å². The number of nitrogens with zero attached hydrogens (tertiary/aromatic N) is 3. The van der Waals surface area contributed by atoms with Gasteiger partial charge in [-0.25, -0.2) is 9.78 Å². The largest absolute Gasteiger partial charge is 0.338 e. The van der Waals surface area contributed by atoms with E-state index in [1.165, 1.54) is 4.57 Å². The Hall–Kier alpha value is -2.48. The zero-order valence-electron chi connectivity index (χ0n) is 16.4. The Morgan fingerprint density at radius 3 is 2.68 bits per heavy atom. The SMILES string of the molecule is CC(C)Cn1c(=O)[nH]c(=O)c2c(C(=O)N3CCC(CN)C3)cc(C3CC3)nc21. The van der Waals surface area contributed by atoms with Crippen LogP contribution < -0.4 is 17.0 Å². The molecule has 2 aliphatic rings. The van der Waals surface area contributed by atoms with E-state index in [4.69, 9.17) is 5.73 Å². The second kappa shape index (κ2) is 7.16. The summed E-state index contributed by atoms with van der Waals surface area (Å²) in [6.07, 6.45) is 2.90. The minimum Gasteiger partial charge on any atom is -0.338 e. The molecule has 4 rings (SSSR count). The van der Waals surface area contributed by atoms with Crippen molar-refractivity contribution >= 4 is 16.9 Å². The third-order valence-corrected chi connectivity index (χ3v) is 5.65. The van der Waals surface area contributed by atoms with Crippen LogP contribution in [0.1, 0.15) is 55.1 Å². The van der Waals surface area contributed by atoms with Gasteiger partial charge in [0.25, 0.3) is 11.5 Å². The fraction of sp³-hybridized carbons (Fsp3) is 0.600. The van der Waals surface area contributed by atoms with Crippen LogP contribution in [0.25, 0.3) is 11.0 Å². The summed E-state index contributed by atoms with van der Waals surface area (Å²) in [5.41, 5.74) is 6.21. The van der Waals surface area contributed by atoms with E-state index in [1.807, 2.05) is 13.8 Å². The second-order valence-corrected chi connectivity index (χ2v) is 8.47. The minimum atomic E-state index is -0.548. The van der Waals surface area contributed by atoms with E-state index in [0.717, 1.165) is 25.0 Å². The number of hydrogen-bond donors (Lipinski definition) is 2. The fourth-order valence-corrected chi connectivity index (χ4v) is 3.96. The lowest BCUT2D eigenvalue weighted by Gasteiger charge is -2.19. The molecule has 2 aromatic rings. The molecule has 28 heavy (non-hydrogen) atoms. The van der Waals surface area contributed by atoms with Crippen molar-refractivity contribution in [2.45, 2.75) is 45.6 Å². The minimum absolute atomic E-state index is 0.175. The van der Waals surface area contributed by atoms with Gasteiger partial charge in [-0.3, -0.25) is 19.1 Å². The number of nitrogens with one attached hydrogen (secondary N) is 1. The molecule has 8 nitrogen and oxygen atoms in total. The Morgan fingerprint density at radius 1 is 1.32 bits per heavy atom. The number of aromatic nitrogens is 3. The van der Waals surface area contributed by atoms with Gasteiger partial charge in [0.2, 0.25) is 0 Å². The highest BCUT2D eigenvalue weighted by Crippen LogP contribution is 2.40. The van der Waals surface area contributed by atoms with Crippen molar-refractivity contribution < 1.29 is 4.79 Å². The first-order chi connectivity index (χ1) is 13.4. The molecule has 1 aliphatic heterocycles. The predicted molar refractivity (Wildman–Crippen MR) is 107 cm³/mol. The van der Waals surface area contributed by atoms with Gasteiger partial charge in [-0.1, -0.05) is 13.8 Å². The topological polar surface area (TPSA) is 114 Å². The number of hydrogen-bond acceptors (Lipinski definition) is 5. The summed E-state index contributed by atoms with van der Waals surface area (Å²) in [6.45, 7) is 6.20. The highest BCUT2D eigenvalue weighted by Gasteiger charge is 2.32. The Morgan fingerprint density at radius 2 is 2.07 bits per heavy atom. The Balaban J connectivity index is 1.91. The third-order valence-electron chi connectivity index (χ3n) is 5.65. The molecule has 1 aliphatic carbocycles. The summed E-state index contributed by atoms with van der Waals surface area (Å²) < 4.78 is 1.50. The van der Waals surface area contributed by atoms with Crippen LogP contribution in [0.2, 0.25) is 0 Å². The standard InChI is InChI=1S/C20H27N5O3/c1-11(2)9-25-17-16(18(26)23-20(25)28)14(7-15(22-17)13-3-4-13)19(27)24-6-5-12(8-21)10-24/h7,11-13H,3-6,8-10,21H2,1-2H3,(H,23,26,28). The summed E-state index contributed by atoms with van der Waals surface area (Å²) in [5, 5.41) is 0.214. The molecule has 0 bridgehead atoms. The van der Waals surface area contributed by atoms with Gasteiger partial charge >= 0.3 is 5.69 Å². The second-order valence-electron chi connectivity index (χ2n) is 8.47. The lowest BCUT2D eigenvalue weighted by atomic mass is 10.1. The van der Waals surface area contributed by atoms with Crippen LogP contribution in [0.4, 0.5) is 0 Å². The number of aromatic amines is 1. The summed E-state index contributed by atoms with van der Waals surface area (Å²) in [7, 11) is 0. The molecule has 3 N–H and O–H groups in total. The maximum atomic E-state index is 13.3. The van der Waals surface area contributed by atoms with Crippen LogP contribution in [-0.2, 0) is 6.54 Å². The maximum Gasteiger partial charge on any atom is 0.330 e. The molecule has 0 spiro atoms. The van der Waals surface area contributed by atoms with Gasteiger partial charge < -0.3 is 10.6 Å². The lowest BCUT2D eigenvalue weighted by Crippen LogP contribution is -2.35. The van der Waals surface area contributed by atoms with Crippen LogP contribution in [-0.4, -0.2) is 45.0 Å². The number of rotatable bonds is 5. The number of nitrogens with two attached hydrogens (primary N) is 1. The van der Waals surface area contributed by atoms with Crippen molar-refractivity contribution in [2.75, 3.05) is 19.6 Å². The quantitative estimate of drug-likeness (QED) is 0.798. The van der Waals surface area contributed by atoms with E-state index in [2.05, 4.69) is 9.97 Å². The summed E-state index contributed by atoms with van der Waals surface area (Å²) in [6, 6.07) is 1.76. The molecular formula is C20H27N5O3. The van der Waals surface area contributed by atoms with Gasteiger partial charge in [-0.15, -0.1) is 0 Å². The van der Waals surface area contributed by atoms with E-state index in [-0.39, 0.29) is 23.1 Å². The maximum absolute atomic E-state index is 13.3. The van der Waals surface area contributed by atoms with Crippen LogP contribution in [0, 0.1) is 11.8 Å². The first kappa shape index (κ1) is 18.9. The van der Waals surface area contributed by atoms with Crippen molar-refractivity contribution in [3.8, 4) is 0 Å². The van der Waals surface area contributed by atoms with Crippen molar-refractivity contribution in [1.82, 2.24) is 19.4 Å². The molecule has 1 amide bonds. The summed E-state index contributed by atoms with van der Waals surface area (Å²) in [5.74, 6) is 0.609. The Kier molecular flexibility index (Phi) is 4.82. The third kappa shape index (κ3) is 3.37. The molecule has 1 saturated carbocycles. The molecule has 150 valence electrons.